The van der Waals surface area contributed by atoms with Crippen molar-refractivity contribution in [2.24, 2.45) is 0 Å². The molecule has 6 nitrogen and oxygen atoms in total. The predicted molar refractivity (Wildman–Crippen MR) is 85.1 cm³/mol. The van der Waals surface area contributed by atoms with E-state index in [1.165, 1.54) is 0 Å². The van der Waals surface area contributed by atoms with Crippen molar-refractivity contribution in [1.82, 2.24) is 15.0 Å². The fourth-order valence-electron chi connectivity index (χ4n) is 2.06. The molecular weight excluding hydrogens is 278 g/mol. The molecule has 0 aliphatic carbocycles. The molecule has 0 unspecified atom stereocenters. The quantitative estimate of drug-likeness (QED) is 0.683. The number of phenolic OH excluding ortho intramolecular Hbond substituents is 1. The Morgan fingerprint density at radius 3 is 2.77 bits per heavy atom. The van der Waals surface area contributed by atoms with Crippen molar-refractivity contribution in [2.45, 2.75) is 6.54 Å². The van der Waals surface area contributed by atoms with Crippen molar-refractivity contribution < 1.29 is 5.11 Å². The Morgan fingerprint density at radius 2 is 2.05 bits per heavy atom. The molecule has 2 aromatic heterocycles. The number of hydrogen-bond acceptors (Lipinski definition) is 6. The number of nitrogens with one attached hydrogen (secondary N) is 1. The highest BCUT2D eigenvalue weighted by Gasteiger charge is 2.07. The summed E-state index contributed by atoms with van der Waals surface area (Å²) in [6.45, 7) is 0.568. The summed E-state index contributed by atoms with van der Waals surface area (Å²) < 4.78 is 0. The van der Waals surface area contributed by atoms with Crippen molar-refractivity contribution in [3.63, 3.8) is 0 Å². The van der Waals surface area contributed by atoms with Crippen molar-refractivity contribution in [3.8, 4) is 16.9 Å². The fraction of sp³-hybridized carbons (Fsp3) is 0.0625. The monoisotopic (exact) mass is 293 g/mol. The minimum Gasteiger partial charge on any atom is -0.508 e. The van der Waals surface area contributed by atoms with Gasteiger partial charge in [-0.2, -0.15) is 4.98 Å². The van der Waals surface area contributed by atoms with Crippen LogP contribution in [0.25, 0.3) is 11.1 Å². The first-order valence-corrected chi connectivity index (χ1v) is 6.77. The van der Waals surface area contributed by atoms with Crippen LogP contribution in [0.4, 0.5) is 11.8 Å². The average molecular weight is 293 g/mol. The second-order valence-corrected chi connectivity index (χ2v) is 4.76. The Balaban J connectivity index is 1.77. The Kier molecular flexibility index (Phi) is 3.82. The van der Waals surface area contributed by atoms with Crippen LogP contribution in [0.15, 0.2) is 55.0 Å². The predicted octanol–water partition coefficient (Wildman–Crippen LogP) is 2.44. The normalized spacial score (nSPS) is 10.4. The lowest BCUT2D eigenvalue weighted by atomic mass is 10.1. The average Bonchev–Trinajstić information content (AvgIpc) is 2.54. The summed E-state index contributed by atoms with van der Waals surface area (Å²) >= 11 is 0. The molecule has 3 aromatic rings. The number of anilines is 2. The minimum absolute atomic E-state index is 0.177. The molecular formula is C16H15N5O. The molecule has 0 aliphatic rings. The minimum atomic E-state index is 0.177. The van der Waals surface area contributed by atoms with Gasteiger partial charge in [-0.15, -0.1) is 0 Å². The van der Waals surface area contributed by atoms with E-state index in [-0.39, 0.29) is 5.75 Å². The fourth-order valence-corrected chi connectivity index (χ4v) is 2.06. The van der Waals surface area contributed by atoms with Gasteiger partial charge < -0.3 is 16.2 Å². The molecule has 0 fully saturated rings. The number of hydrogen-bond donors (Lipinski definition) is 3. The lowest BCUT2D eigenvalue weighted by molar-refractivity contribution is 0.475. The van der Waals surface area contributed by atoms with E-state index in [1.54, 1.807) is 36.8 Å². The van der Waals surface area contributed by atoms with Gasteiger partial charge in [0.05, 0.1) is 0 Å². The summed E-state index contributed by atoms with van der Waals surface area (Å²) in [6, 6.07) is 10.7. The molecule has 0 amide bonds. The van der Waals surface area contributed by atoms with Crippen LogP contribution in [0.1, 0.15) is 5.56 Å². The highest BCUT2D eigenvalue weighted by Crippen LogP contribution is 2.27. The number of pyridine rings is 1. The molecule has 0 saturated carbocycles. The zero-order chi connectivity index (χ0) is 15.4. The SMILES string of the molecule is Nc1nc(NCc2cccnc2)ncc1-c1cccc(O)c1. The first-order chi connectivity index (χ1) is 10.7. The van der Waals surface area contributed by atoms with E-state index in [4.69, 9.17) is 5.73 Å². The van der Waals surface area contributed by atoms with Crippen LogP contribution in [0, 0.1) is 0 Å². The second kappa shape index (κ2) is 6.09. The molecule has 0 saturated heterocycles. The Bertz CT molecular complexity index is 776. The molecule has 4 N–H and O–H groups in total. The van der Waals surface area contributed by atoms with Gasteiger partial charge in [0.1, 0.15) is 11.6 Å². The summed E-state index contributed by atoms with van der Waals surface area (Å²) in [5.74, 6) is 0.982. The van der Waals surface area contributed by atoms with Gasteiger partial charge in [-0.05, 0) is 29.3 Å². The Morgan fingerprint density at radius 1 is 1.14 bits per heavy atom. The first-order valence-electron chi connectivity index (χ1n) is 6.77. The molecule has 110 valence electrons. The van der Waals surface area contributed by atoms with Crippen LogP contribution in [-0.2, 0) is 6.54 Å². The number of aromatic nitrogens is 3. The maximum absolute atomic E-state index is 9.53. The molecule has 6 heteroatoms. The number of nitrogens with zero attached hydrogens (tertiary/aromatic N) is 3. The number of benzene rings is 1. The highest BCUT2D eigenvalue weighted by atomic mass is 16.3. The van der Waals surface area contributed by atoms with Gasteiger partial charge in [0.15, 0.2) is 0 Å². The number of nitrogens with two attached hydrogens (primary N) is 1. The van der Waals surface area contributed by atoms with Gasteiger partial charge in [0.2, 0.25) is 5.95 Å². The van der Waals surface area contributed by atoms with E-state index >= 15 is 0 Å². The maximum Gasteiger partial charge on any atom is 0.224 e. The largest absolute Gasteiger partial charge is 0.508 e. The van der Waals surface area contributed by atoms with Crippen LogP contribution >= 0.6 is 0 Å². The van der Waals surface area contributed by atoms with Crippen LogP contribution in [-0.4, -0.2) is 20.1 Å². The summed E-state index contributed by atoms with van der Waals surface area (Å²) in [6.07, 6.45) is 5.14. The van der Waals surface area contributed by atoms with Gasteiger partial charge in [-0.25, -0.2) is 4.98 Å². The van der Waals surface area contributed by atoms with Crippen molar-refractivity contribution >= 4 is 11.8 Å². The third kappa shape index (κ3) is 3.12. The molecule has 2 heterocycles. The van der Waals surface area contributed by atoms with Gasteiger partial charge in [0, 0.05) is 30.7 Å². The third-order valence-electron chi connectivity index (χ3n) is 3.15. The molecule has 0 radical (unpaired) electrons. The van der Waals surface area contributed by atoms with E-state index < -0.39 is 0 Å². The third-order valence-corrected chi connectivity index (χ3v) is 3.15. The summed E-state index contributed by atoms with van der Waals surface area (Å²) in [5, 5.41) is 12.6. The standard InChI is InChI=1S/C16H15N5O/c17-15-14(12-4-1-5-13(22)7-12)10-20-16(21-15)19-9-11-3-2-6-18-8-11/h1-8,10,22H,9H2,(H3,17,19,20,21). The second-order valence-electron chi connectivity index (χ2n) is 4.76. The van der Waals surface area contributed by atoms with Crippen LogP contribution in [0.5, 0.6) is 5.75 Å². The van der Waals surface area contributed by atoms with Crippen molar-refractivity contribution in [1.29, 1.82) is 0 Å². The number of rotatable bonds is 4. The summed E-state index contributed by atoms with van der Waals surface area (Å²) in [7, 11) is 0. The molecule has 3 rings (SSSR count). The molecule has 0 aliphatic heterocycles. The summed E-state index contributed by atoms with van der Waals surface area (Å²) in [4.78, 5) is 12.6. The number of phenols is 1. The maximum atomic E-state index is 9.53. The molecule has 1 aromatic carbocycles. The lowest BCUT2D eigenvalue weighted by Crippen LogP contribution is -2.06. The lowest BCUT2D eigenvalue weighted by Gasteiger charge is -2.09. The van der Waals surface area contributed by atoms with E-state index in [1.807, 2.05) is 18.2 Å². The van der Waals surface area contributed by atoms with E-state index in [0.29, 0.717) is 23.9 Å². The van der Waals surface area contributed by atoms with Crippen LogP contribution < -0.4 is 11.1 Å². The van der Waals surface area contributed by atoms with Crippen molar-refractivity contribution in [2.75, 3.05) is 11.1 Å². The zero-order valence-electron chi connectivity index (χ0n) is 11.8. The number of nitrogen functional groups attached to an aromatic ring is 1. The highest BCUT2D eigenvalue weighted by molar-refractivity contribution is 5.74. The van der Waals surface area contributed by atoms with Gasteiger partial charge in [0.25, 0.3) is 0 Å². The van der Waals surface area contributed by atoms with Crippen molar-refractivity contribution in [3.05, 3.63) is 60.6 Å². The van der Waals surface area contributed by atoms with Gasteiger partial charge in [-0.1, -0.05) is 18.2 Å². The zero-order valence-corrected chi connectivity index (χ0v) is 11.8. The summed E-state index contributed by atoms with van der Waals surface area (Å²) in [5.41, 5.74) is 8.47. The smallest absolute Gasteiger partial charge is 0.224 e. The molecule has 0 spiro atoms. The van der Waals surface area contributed by atoms with Gasteiger partial charge >= 0.3 is 0 Å². The van der Waals surface area contributed by atoms with Gasteiger partial charge in [-0.3, -0.25) is 4.98 Å². The number of aromatic hydroxyl groups is 1. The first kappa shape index (κ1) is 13.8. The molecule has 22 heavy (non-hydrogen) atoms. The van der Waals surface area contributed by atoms with Crippen LogP contribution in [0.2, 0.25) is 0 Å². The topological polar surface area (TPSA) is 97.0 Å². The molecule has 0 atom stereocenters. The molecule has 0 bridgehead atoms. The Labute approximate surface area is 127 Å². The van der Waals surface area contributed by atoms with Crippen LogP contribution in [0.3, 0.4) is 0 Å². The van der Waals surface area contributed by atoms with E-state index in [9.17, 15) is 5.11 Å². The Hall–Kier alpha value is -3.15. The van der Waals surface area contributed by atoms with E-state index in [0.717, 1.165) is 11.1 Å². The van der Waals surface area contributed by atoms with E-state index in [2.05, 4.69) is 20.3 Å².